The van der Waals surface area contributed by atoms with E-state index in [9.17, 15) is 23.1 Å². The van der Waals surface area contributed by atoms with E-state index in [1.807, 2.05) is 0 Å². The summed E-state index contributed by atoms with van der Waals surface area (Å²) >= 11 is 0. The summed E-state index contributed by atoms with van der Waals surface area (Å²) in [6, 6.07) is 1.82. The number of ether oxygens (including phenoxy) is 1. The van der Waals surface area contributed by atoms with Crippen LogP contribution in [0, 0.1) is 6.92 Å². The lowest BCUT2D eigenvalue weighted by molar-refractivity contribution is -0.140. The first-order chi connectivity index (χ1) is 10.8. The quantitative estimate of drug-likeness (QED) is 0.831. The molecule has 124 valence electrons. The van der Waals surface area contributed by atoms with Gasteiger partial charge >= 0.3 is 5.97 Å². The van der Waals surface area contributed by atoms with Gasteiger partial charge in [0.25, 0.3) is 5.91 Å². The number of fused-ring (bicyclic) bond motifs is 1. The summed E-state index contributed by atoms with van der Waals surface area (Å²) < 4.78 is 32.0. The Morgan fingerprint density at radius 3 is 2.87 bits per heavy atom. The van der Waals surface area contributed by atoms with Gasteiger partial charge < -0.3 is 15.2 Å². The molecule has 2 aliphatic heterocycles. The number of nitrogens with zero attached hydrogens (tertiary/aromatic N) is 1. The SMILES string of the molecule is Cc1cc2c(cc1S(=O)(=O)N1CCC[C@@H]1C(=O)O)OCC(=O)N2. The number of carboxylic acids is 1. The van der Waals surface area contributed by atoms with Crippen molar-refractivity contribution in [2.75, 3.05) is 18.5 Å². The molecule has 0 aromatic heterocycles. The summed E-state index contributed by atoms with van der Waals surface area (Å²) in [4.78, 5) is 22.6. The van der Waals surface area contributed by atoms with Crippen LogP contribution in [-0.2, 0) is 19.6 Å². The smallest absolute Gasteiger partial charge is 0.322 e. The lowest BCUT2D eigenvalue weighted by Crippen LogP contribution is -2.40. The number of sulfonamides is 1. The number of carbonyl (C=O) groups excluding carboxylic acids is 1. The van der Waals surface area contributed by atoms with Gasteiger partial charge in [0.05, 0.1) is 10.6 Å². The maximum absolute atomic E-state index is 12.8. The summed E-state index contributed by atoms with van der Waals surface area (Å²) in [5.74, 6) is -1.19. The zero-order valence-electron chi connectivity index (χ0n) is 12.4. The number of aliphatic carboxylic acids is 1. The number of carboxylic acid groups (broad SMARTS) is 1. The number of hydrogen-bond donors (Lipinski definition) is 2. The number of carbonyl (C=O) groups is 2. The number of amides is 1. The third-order valence-electron chi connectivity index (χ3n) is 3.99. The summed E-state index contributed by atoms with van der Waals surface area (Å²) in [5, 5.41) is 11.8. The van der Waals surface area contributed by atoms with Crippen LogP contribution >= 0.6 is 0 Å². The van der Waals surface area contributed by atoms with Crippen LogP contribution in [0.1, 0.15) is 18.4 Å². The molecular formula is C14H16N2O6S. The minimum absolute atomic E-state index is 0.000508. The molecular weight excluding hydrogens is 324 g/mol. The molecule has 1 fully saturated rings. The second kappa shape index (κ2) is 5.50. The number of rotatable bonds is 3. The lowest BCUT2D eigenvalue weighted by Gasteiger charge is -2.24. The molecule has 23 heavy (non-hydrogen) atoms. The maximum Gasteiger partial charge on any atom is 0.322 e. The van der Waals surface area contributed by atoms with Crippen LogP contribution in [0.15, 0.2) is 17.0 Å². The van der Waals surface area contributed by atoms with Crippen molar-refractivity contribution in [2.24, 2.45) is 0 Å². The summed E-state index contributed by atoms with van der Waals surface area (Å²) in [6.45, 7) is 1.59. The van der Waals surface area contributed by atoms with Crippen LogP contribution in [0.25, 0.3) is 0 Å². The molecule has 1 atom stereocenters. The lowest BCUT2D eigenvalue weighted by atomic mass is 10.2. The molecule has 2 heterocycles. The standard InChI is InChI=1S/C14H16N2O6S/c1-8-5-9-11(22-7-13(17)15-9)6-12(8)23(20,21)16-4-2-3-10(16)14(18)19/h5-6,10H,2-4,7H2,1H3,(H,15,17)(H,18,19)/t10-/m1/s1. The first-order valence-electron chi connectivity index (χ1n) is 7.12. The molecule has 1 aromatic carbocycles. The number of benzene rings is 1. The zero-order valence-corrected chi connectivity index (χ0v) is 13.2. The van der Waals surface area contributed by atoms with Crippen molar-refractivity contribution in [3.63, 3.8) is 0 Å². The number of anilines is 1. The fourth-order valence-electron chi connectivity index (χ4n) is 2.89. The van der Waals surface area contributed by atoms with Crippen molar-refractivity contribution in [3.05, 3.63) is 17.7 Å². The van der Waals surface area contributed by atoms with E-state index in [0.29, 0.717) is 24.1 Å². The van der Waals surface area contributed by atoms with Gasteiger partial charge in [-0.15, -0.1) is 0 Å². The van der Waals surface area contributed by atoms with Crippen molar-refractivity contribution in [2.45, 2.75) is 30.7 Å². The Labute approximate surface area is 133 Å². The van der Waals surface area contributed by atoms with Crippen LogP contribution in [-0.4, -0.2) is 48.9 Å². The van der Waals surface area contributed by atoms with Gasteiger partial charge in [-0.2, -0.15) is 4.31 Å². The highest BCUT2D eigenvalue weighted by Crippen LogP contribution is 2.35. The van der Waals surface area contributed by atoms with Crippen molar-refractivity contribution in [1.29, 1.82) is 0 Å². The molecule has 8 nitrogen and oxygen atoms in total. The van der Waals surface area contributed by atoms with Gasteiger partial charge in [0.15, 0.2) is 6.61 Å². The second-order valence-corrected chi connectivity index (χ2v) is 7.42. The van der Waals surface area contributed by atoms with Crippen LogP contribution in [0.4, 0.5) is 5.69 Å². The first kappa shape index (κ1) is 15.8. The van der Waals surface area contributed by atoms with E-state index in [1.165, 1.54) is 12.1 Å². The van der Waals surface area contributed by atoms with E-state index < -0.39 is 22.0 Å². The Bertz CT molecular complexity index is 789. The molecule has 0 unspecified atom stereocenters. The second-order valence-electron chi connectivity index (χ2n) is 5.56. The molecule has 2 aliphatic rings. The van der Waals surface area contributed by atoms with Crippen LogP contribution in [0.2, 0.25) is 0 Å². The summed E-state index contributed by atoms with van der Waals surface area (Å²) in [6.07, 6.45) is 0.803. The van der Waals surface area contributed by atoms with Gasteiger partial charge in [-0.1, -0.05) is 0 Å². The molecule has 1 amide bonds. The average molecular weight is 340 g/mol. The van der Waals surface area contributed by atoms with Crippen molar-refractivity contribution < 1.29 is 27.9 Å². The monoisotopic (exact) mass is 340 g/mol. The van der Waals surface area contributed by atoms with Crippen molar-refractivity contribution in [1.82, 2.24) is 4.31 Å². The number of nitrogens with one attached hydrogen (secondary N) is 1. The predicted molar refractivity (Wildman–Crippen MR) is 79.9 cm³/mol. The summed E-state index contributed by atoms with van der Waals surface area (Å²) in [5.41, 5.74) is 0.833. The van der Waals surface area contributed by atoms with Gasteiger partial charge in [-0.3, -0.25) is 9.59 Å². The Morgan fingerprint density at radius 2 is 2.17 bits per heavy atom. The number of aryl methyl sites for hydroxylation is 1. The van der Waals surface area contributed by atoms with E-state index in [2.05, 4.69) is 5.32 Å². The molecule has 0 aliphatic carbocycles. The van der Waals surface area contributed by atoms with E-state index >= 15 is 0 Å². The van der Waals surface area contributed by atoms with E-state index in [4.69, 9.17) is 4.74 Å². The largest absolute Gasteiger partial charge is 0.482 e. The highest BCUT2D eigenvalue weighted by molar-refractivity contribution is 7.89. The van der Waals surface area contributed by atoms with Crippen LogP contribution in [0.3, 0.4) is 0 Å². The fourth-order valence-corrected chi connectivity index (χ4v) is 4.77. The van der Waals surface area contributed by atoms with Crippen molar-refractivity contribution in [3.8, 4) is 5.75 Å². The van der Waals surface area contributed by atoms with Gasteiger partial charge in [0.2, 0.25) is 10.0 Å². The average Bonchev–Trinajstić information content (AvgIpc) is 2.96. The maximum atomic E-state index is 12.8. The van der Waals surface area contributed by atoms with Gasteiger partial charge in [-0.25, -0.2) is 8.42 Å². The zero-order chi connectivity index (χ0) is 16.8. The highest BCUT2D eigenvalue weighted by atomic mass is 32.2. The minimum atomic E-state index is -3.95. The third-order valence-corrected chi connectivity index (χ3v) is 6.04. The Kier molecular flexibility index (Phi) is 3.77. The molecule has 2 N–H and O–H groups in total. The molecule has 1 saturated heterocycles. The highest BCUT2D eigenvalue weighted by Gasteiger charge is 2.40. The van der Waals surface area contributed by atoms with Crippen molar-refractivity contribution >= 4 is 27.6 Å². The van der Waals surface area contributed by atoms with Crippen LogP contribution < -0.4 is 10.1 Å². The Morgan fingerprint density at radius 1 is 1.43 bits per heavy atom. The molecule has 0 saturated carbocycles. The molecule has 0 radical (unpaired) electrons. The van der Waals surface area contributed by atoms with Gasteiger partial charge in [-0.05, 0) is 31.4 Å². The third kappa shape index (κ3) is 2.66. The van der Waals surface area contributed by atoms with Gasteiger partial charge in [0, 0.05) is 12.6 Å². The Hall–Kier alpha value is -2.13. The minimum Gasteiger partial charge on any atom is -0.482 e. The summed E-state index contributed by atoms with van der Waals surface area (Å²) in [7, 11) is -3.95. The van der Waals surface area contributed by atoms with E-state index in [-0.39, 0.29) is 29.7 Å². The predicted octanol–water partition coefficient (Wildman–Crippen LogP) is 0.564. The first-order valence-corrected chi connectivity index (χ1v) is 8.56. The molecule has 0 spiro atoms. The molecule has 3 rings (SSSR count). The number of hydrogen-bond acceptors (Lipinski definition) is 5. The molecule has 9 heteroatoms. The molecule has 1 aromatic rings. The molecule has 0 bridgehead atoms. The van der Waals surface area contributed by atoms with Crippen LogP contribution in [0.5, 0.6) is 5.75 Å². The van der Waals surface area contributed by atoms with E-state index in [0.717, 1.165) is 4.31 Å². The fraction of sp³-hybridized carbons (Fsp3) is 0.429. The van der Waals surface area contributed by atoms with Gasteiger partial charge in [0.1, 0.15) is 11.8 Å². The topological polar surface area (TPSA) is 113 Å². The Balaban J connectivity index is 2.04. The van der Waals surface area contributed by atoms with E-state index in [1.54, 1.807) is 6.92 Å². The normalized spacial score (nSPS) is 21.4.